The van der Waals surface area contributed by atoms with Crippen LogP contribution in [0.2, 0.25) is 0 Å². The number of H-pyrrole nitrogens is 1. The predicted octanol–water partition coefficient (Wildman–Crippen LogP) is 1.94. The molecule has 3 aromatic rings. The number of nitrogens with one attached hydrogen (secondary N) is 2. The van der Waals surface area contributed by atoms with Crippen LogP contribution in [0.3, 0.4) is 0 Å². The minimum Gasteiger partial charge on any atom is -0.369 e. The molecule has 130 valence electrons. The van der Waals surface area contributed by atoms with Crippen molar-refractivity contribution in [1.29, 1.82) is 0 Å². The second-order valence-electron chi connectivity index (χ2n) is 5.93. The molecule has 0 atom stereocenters. The number of fused-ring (bicyclic) bond motifs is 1. The van der Waals surface area contributed by atoms with Gasteiger partial charge in [0.05, 0.1) is 4.90 Å². The first-order valence-electron chi connectivity index (χ1n) is 8.01. The zero-order valence-electron chi connectivity index (χ0n) is 13.4. The van der Waals surface area contributed by atoms with Crippen molar-refractivity contribution in [2.45, 2.75) is 9.92 Å². The monoisotopic (exact) mass is 360 g/mol. The standard InChI is InChI=1S/C17H17FN4O2S/c18-15-11-12(22-8-6-19-7-9-22)10-14-16(15)20-21-17(14)25(23,24)13-4-2-1-3-5-13/h1-5,10-11,19H,6-9H2,(H,20,21). The maximum absolute atomic E-state index is 14.5. The average Bonchev–Trinajstić information content (AvgIpc) is 3.08. The van der Waals surface area contributed by atoms with Crippen LogP contribution in [-0.4, -0.2) is 44.8 Å². The molecule has 2 N–H and O–H groups in total. The minimum atomic E-state index is -3.80. The van der Waals surface area contributed by atoms with E-state index in [9.17, 15) is 12.8 Å². The third-order valence-electron chi connectivity index (χ3n) is 4.37. The summed E-state index contributed by atoms with van der Waals surface area (Å²) < 4.78 is 40.3. The molecular formula is C17H17FN4O2S. The van der Waals surface area contributed by atoms with Crippen molar-refractivity contribution in [1.82, 2.24) is 15.5 Å². The molecule has 0 spiro atoms. The number of hydrogen-bond donors (Lipinski definition) is 2. The third-order valence-corrected chi connectivity index (χ3v) is 6.11. The molecule has 25 heavy (non-hydrogen) atoms. The summed E-state index contributed by atoms with van der Waals surface area (Å²) in [6.45, 7) is 3.09. The number of sulfone groups is 1. The topological polar surface area (TPSA) is 78.1 Å². The first-order chi connectivity index (χ1) is 12.1. The van der Waals surface area contributed by atoms with E-state index in [1.807, 2.05) is 4.90 Å². The summed E-state index contributed by atoms with van der Waals surface area (Å²) in [7, 11) is -3.80. The van der Waals surface area contributed by atoms with Crippen LogP contribution in [-0.2, 0) is 9.84 Å². The molecule has 0 aliphatic carbocycles. The third kappa shape index (κ3) is 2.77. The highest BCUT2D eigenvalue weighted by molar-refractivity contribution is 7.91. The molecule has 1 fully saturated rings. The van der Waals surface area contributed by atoms with Gasteiger partial charge in [-0.25, -0.2) is 12.8 Å². The van der Waals surface area contributed by atoms with E-state index in [-0.39, 0.29) is 20.8 Å². The number of hydrogen-bond acceptors (Lipinski definition) is 5. The first kappa shape index (κ1) is 16.0. The van der Waals surface area contributed by atoms with Crippen LogP contribution in [0.15, 0.2) is 52.4 Å². The number of aromatic amines is 1. The Bertz CT molecular complexity index is 1010. The Balaban J connectivity index is 1.87. The summed E-state index contributed by atoms with van der Waals surface area (Å²) in [6.07, 6.45) is 0. The van der Waals surface area contributed by atoms with E-state index >= 15 is 0 Å². The van der Waals surface area contributed by atoms with Gasteiger partial charge in [0.1, 0.15) is 5.52 Å². The van der Waals surface area contributed by atoms with Crippen molar-refractivity contribution in [3.63, 3.8) is 0 Å². The number of halogens is 1. The lowest BCUT2D eigenvalue weighted by Crippen LogP contribution is -2.43. The molecule has 2 heterocycles. The Hall–Kier alpha value is -2.45. The number of rotatable bonds is 3. The second kappa shape index (κ2) is 6.12. The van der Waals surface area contributed by atoms with Crippen LogP contribution in [0, 0.1) is 5.82 Å². The maximum atomic E-state index is 14.5. The lowest BCUT2D eigenvalue weighted by molar-refractivity contribution is 0.586. The van der Waals surface area contributed by atoms with E-state index in [0.29, 0.717) is 5.69 Å². The fourth-order valence-corrected chi connectivity index (χ4v) is 4.43. The van der Waals surface area contributed by atoms with E-state index in [1.54, 1.807) is 24.3 Å². The van der Waals surface area contributed by atoms with Crippen molar-refractivity contribution < 1.29 is 12.8 Å². The SMILES string of the molecule is O=S(=O)(c1ccccc1)c1[nH]nc2c(F)cc(N3CCNCC3)cc12. The zero-order chi connectivity index (χ0) is 17.4. The van der Waals surface area contributed by atoms with Crippen molar-refractivity contribution in [2.75, 3.05) is 31.1 Å². The molecule has 0 saturated carbocycles. The zero-order valence-corrected chi connectivity index (χ0v) is 14.2. The normalized spacial score (nSPS) is 15.6. The van der Waals surface area contributed by atoms with E-state index in [0.717, 1.165) is 26.2 Å². The molecule has 0 bridgehead atoms. The van der Waals surface area contributed by atoms with E-state index in [4.69, 9.17) is 0 Å². The summed E-state index contributed by atoms with van der Waals surface area (Å²) in [5.41, 5.74) is 0.700. The molecule has 4 rings (SSSR count). The van der Waals surface area contributed by atoms with Gasteiger partial charge >= 0.3 is 0 Å². The van der Waals surface area contributed by atoms with Gasteiger partial charge in [0.15, 0.2) is 10.8 Å². The highest BCUT2D eigenvalue weighted by atomic mass is 32.2. The highest BCUT2D eigenvalue weighted by Crippen LogP contribution is 2.31. The Morgan fingerprint density at radius 2 is 1.80 bits per heavy atom. The lowest BCUT2D eigenvalue weighted by Gasteiger charge is -2.29. The predicted molar refractivity (Wildman–Crippen MR) is 93.0 cm³/mol. The maximum Gasteiger partial charge on any atom is 0.223 e. The number of aromatic nitrogens is 2. The van der Waals surface area contributed by atoms with Crippen molar-refractivity contribution >= 4 is 26.4 Å². The Kier molecular flexibility index (Phi) is 3.93. The van der Waals surface area contributed by atoms with Gasteiger partial charge < -0.3 is 10.2 Å². The first-order valence-corrected chi connectivity index (χ1v) is 9.49. The van der Waals surface area contributed by atoms with Gasteiger partial charge in [0, 0.05) is 37.3 Å². The summed E-state index contributed by atoms with van der Waals surface area (Å²) in [5, 5.41) is 9.84. The van der Waals surface area contributed by atoms with Crippen LogP contribution in [0.4, 0.5) is 10.1 Å². The lowest BCUT2D eigenvalue weighted by atomic mass is 10.2. The molecule has 8 heteroatoms. The van der Waals surface area contributed by atoms with E-state index in [2.05, 4.69) is 15.5 Å². The smallest absolute Gasteiger partial charge is 0.223 e. The largest absolute Gasteiger partial charge is 0.369 e. The van der Waals surface area contributed by atoms with E-state index in [1.165, 1.54) is 18.2 Å². The molecule has 0 unspecified atom stereocenters. The molecule has 0 amide bonds. The second-order valence-corrected chi connectivity index (χ2v) is 7.82. The Morgan fingerprint density at radius 3 is 2.52 bits per heavy atom. The number of piperazine rings is 1. The molecule has 6 nitrogen and oxygen atoms in total. The van der Waals surface area contributed by atoms with Crippen LogP contribution >= 0.6 is 0 Å². The number of anilines is 1. The fourth-order valence-electron chi connectivity index (χ4n) is 3.07. The molecule has 1 aliphatic heterocycles. The van der Waals surface area contributed by atoms with Crippen molar-refractivity contribution in [2.24, 2.45) is 0 Å². The summed E-state index contributed by atoms with van der Waals surface area (Å²) >= 11 is 0. The van der Waals surface area contributed by atoms with Gasteiger partial charge in [0.25, 0.3) is 0 Å². The molecule has 0 radical (unpaired) electrons. The Labute approximate surface area is 144 Å². The number of benzene rings is 2. The summed E-state index contributed by atoms with van der Waals surface area (Å²) in [5.74, 6) is -0.531. The van der Waals surface area contributed by atoms with Crippen LogP contribution in [0.25, 0.3) is 10.9 Å². The summed E-state index contributed by atoms with van der Waals surface area (Å²) in [6, 6.07) is 11.2. The van der Waals surface area contributed by atoms with Crippen LogP contribution in [0.1, 0.15) is 0 Å². The molecule has 1 aromatic heterocycles. The fraction of sp³-hybridized carbons (Fsp3) is 0.235. The molecule has 1 aliphatic rings. The quantitative estimate of drug-likeness (QED) is 0.746. The minimum absolute atomic E-state index is 0.0355. The summed E-state index contributed by atoms with van der Waals surface area (Å²) in [4.78, 5) is 2.18. The van der Waals surface area contributed by atoms with Crippen molar-refractivity contribution in [3.05, 3.63) is 48.3 Å². The van der Waals surface area contributed by atoms with E-state index < -0.39 is 15.7 Å². The van der Waals surface area contributed by atoms with Gasteiger partial charge in [-0.05, 0) is 24.3 Å². The highest BCUT2D eigenvalue weighted by Gasteiger charge is 2.25. The van der Waals surface area contributed by atoms with Crippen LogP contribution < -0.4 is 10.2 Å². The Morgan fingerprint density at radius 1 is 1.08 bits per heavy atom. The van der Waals surface area contributed by atoms with Gasteiger partial charge in [-0.15, -0.1) is 0 Å². The van der Waals surface area contributed by atoms with Gasteiger partial charge in [-0.3, -0.25) is 5.10 Å². The average molecular weight is 360 g/mol. The van der Waals surface area contributed by atoms with Gasteiger partial charge in [-0.2, -0.15) is 5.10 Å². The van der Waals surface area contributed by atoms with Gasteiger partial charge in [0.2, 0.25) is 9.84 Å². The van der Waals surface area contributed by atoms with Crippen molar-refractivity contribution in [3.8, 4) is 0 Å². The molecule has 2 aromatic carbocycles. The van der Waals surface area contributed by atoms with Gasteiger partial charge in [-0.1, -0.05) is 18.2 Å². The molecular weight excluding hydrogens is 343 g/mol. The van der Waals surface area contributed by atoms with Crippen LogP contribution in [0.5, 0.6) is 0 Å². The number of nitrogens with zero attached hydrogens (tertiary/aromatic N) is 2. The molecule has 1 saturated heterocycles.